The first-order valence-electron chi connectivity index (χ1n) is 7.71. The summed E-state index contributed by atoms with van der Waals surface area (Å²) in [5.74, 6) is -0.00510. The number of aromatic nitrogens is 2. The van der Waals surface area contributed by atoms with Crippen LogP contribution in [-0.2, 0) is 11.2 Å². The van der Waals surface area contributed by atoms with E-state index in [9.17, 15) is 9.59 Å². The number of esters is 1. The average molecular weight is 387 g/mol. The number of nitrogens with zero attached hydrogens (tertiary/aromatic N) is 2. The molecule has 0 saturated carbocycles. The van der Waals surface area contributed by atoms with Gasteiger partial charge in [-0.15, -0.1) is 22.7 Å². The summed E-state index contributed by atoms with van der Waals surface area (Å²) < 4.78 is 10.1. The summed E-state index contributed by atoms with van der Waals surface area (Å²) in [4.78, 5) is 32.2. The van der Waals surface area contributed by atoms with Gasteiger partial charge in [-0.3, -0.25) is 10.1 Å². The lowest BCUT2D eigenvalue weighted by Gasteiger charge is -2.01. The van der Waals surface area contributed by atoms with Gasteiger partial charge in [0.05, 0.1) is 13.7 Å². The molecule has 0 radical (unpaired) electrons. The number of hydrogen-bond acceptors (Lipinski definition) is 8. The molecule has 1 aromatic carbocycles. The zero-order valence-electron chi connectivity index (χ0n) is 13.6. The summed E-state index contributed by atoms with van der Waals surface area (Å²) in [6.07, 6.45) is 0.883. The molecule has 4 rings (SSSR count). The Labute approximate surface area is 156 Å². The van der Waals surface area contributed by atoms with Crippen molar-refractivity contribution in [2.45, 2.75) is 6.42 Å². The first kappa shape index (κ1) is 16.7. The highest BCUT2D eigenvalue weighted by molar-refractivity contribution is 7.14. The maximum atomic E-state index is 12.4. The Hall–Kier alpha value is -2.78. The highest BCUT2D eigenvalue weighted by atomic mass is 32.1. The van der Waals surface area contributed by atoms with Gasteiger partial charge < -0.3 is 9.47 Å². The lowest BCUT2D eigenvalue weighted by Crippen LogP contribution is -2.12. The second-order valence-corrected chi connectivity index (χ2v) is 7.16. The maximum Gasteiger partial charge on any atom is 0.357 e. The summed E-state index contributed by atoms with van der Waals surface area (Å²) in [7, 11) is 1.28. The van der Waals surface area contributed by atoms with E-state index >= 15 is 0 Å². The number of nitrogens with one attached hydrogen (secondary N) is 1. The molecule has 1 aliphatic heterocycles. The minimum atomic E-state index is -0.543. The molecule has 0 bridgehead atoms. The standard InChI is InChI=1S/C17H13N3O4S2/c1-23-16(22)12-8-26-17(19-12)20-14(21)11-7-25-15(18-11)10-2-3-13-9(6-10)4-5-24-13/h2-3,6-8H,4-5H2,1H3,(H,19,20,21). The van der Waals surface area contributed by atoms with E-state index < -0.39 is 5.97 Å². The Morgan fingerprint density at radius 2 is 2.04 bits per heavy atom. The molecular weight excluding hydrogens is 374 g/mol. The molecule has 0 saturated heterocycles. The summed E-state index contributed by atoms with van der Waals surface area (Å²) in [6, 6.07) is 5.92. The Kier molecular flexibility index (Phi) is 4.39. The van der Waals surface area contributed by atoms with Gasteiger partial charge >= 0.3 is 5.97 Å². The van der Waals surface area contributed by atoms with Crippen molar-refractivity contribution < 1.29 is 19.1 Å². The Morgan fingerprint density at radius 3 is 2.88 bits per heavy atom. The zero-order chi connectivity index (χ0) is 18.1. The van der Waals surface area contributed by atoms with Crippen molar-refractivity contribution in [3.63, 3.8) is 0 Å². The van der Waals surface area contributed by atoms with Crippen LogP contribution in [0.3, 0.4) is 0 Å². The second kappa shape index (κ2) is 6.85. The minimum Gasteiger partial charge on any atom is -0.493 e. The van der Waals surface area contributed by atoms with Crippen LogP contribution in [0.4, 0.5) is 5.13 Å². The molecule has 1 N–H and O–H groups in total. The number of carbonyl (C=O) groups excluding carboxylic acids is 2. The molecular formula is C17H13N3O4S2. The first-order chi connectivity index (χ1) is 12.6. The van der Waals surface area contributed by atoms with E-state index in [4.69, 9.17) is 4.74 Å². The number of benzene rings is 1. The lowest BCUT2D eigenvalue weighted by molar-refractivity contribution is 0.0594. The summed E-state index contributed by atoms with van der Waals surface area (Å²) in [5.41, 5.74) is 2.58. The predicted molar refractivity (Wildman–Crippen MR) is 98.2 cm³/mol. The number of fused-ring (bicyclic) bond motifs is 1. The number of carbonyl (C=O) groups is 2. The fourth-order valence-corrected chi connectivity index (χ4v) is 3.99. The number of methoxy groups -OCH3 is 1. The minimum absolute atomic E-state index is 0.159. The van der Waals surface area contributed by atoms with Crippen molar-refractivity contribution in [3.8, 4) is 16.3 Å². The van der Waals surface area contributed by atoms with Gasteiger partial charge in [-0.1, -0.05) is 0 Å². The van der Waals surface area contributed by atoms with E-state index in [1.165, 1.54) is 23.8 Å². The van der Waals surface area contributed by atoms with Crippen LogP contribution in [0.1, 0.15) is 26.5 Å². The van der Waals surface area contributed by atoms with Gasteiger partial charge in [-0.2, -0.15) is 0 Å². The largest absolute Gasteiger partial charge is 0.493 e. The topological polar surface area (TPSA) is 90.4 Å². The van der Waals surface area contributed by atoms with Crippen molar-refractivity contribution in [2.24, 2.45) is 0 Å². The molecule has 0 fully saturated rings. The second-order valence-electron chi connectivity index (χ2n) is 5.44. The normalized spacial score (nSPS) is 12.3. The molecule has 0 spiro atoms. The molecule has 9 heteroatoms. The molecule has 0 unspecified atom stereocenters. The first-order valence-corrected chi connectivity index (χ1v) is 9.47. The fourth-order valence-electron chi connectivity index (χ4n) is 2.52. The van der Waals surface area contributed by atoms with Gasteiger partial charge in [0.2, 0.25) is 0 Å². The van der Waals surface area contributed by atoms with Crippen LogP contribution in [0.25, 0.3) is 10.6 Å². The molecule has 0 atom stereocenters. The number of hydrogen-bond donors (Lipinski definition) is 1. The summed E-state index contributed by atoms with van der Waals surface area (Å²) >= 11 is 2.55. The quantitative estimate of drug-likeness (QED) is 0.691. The number of amides is 1. The third-order valence-corrected chi connectivity index (χ3v) is 5.44. The van der Waals surface area contributed by atoms with Crippen molar-refractivity contribution in [1.82, 2.24) is 9.97 Å². The van der Waals surface area contributed by atoms with E-state index in [1.807, 2.05) is 18.2 Å². The molecule has 1 amide bonds. The molecule has 26 heavy (non-hydrogen) atoms. The van der Waals surface area contributed by atoms with Gasteiger partial charge in [0.25, 0.3) is 5.91 Å². The van der Waals surface area contributed by atoms with Gasteiger partial charge in [-0.25, -0.2) is 14.8 Å². The zero-order valence-corrected chi connectivity index (χ0v) is 15.3. The average Bonchev–Trinajstić information content (AvgIpc) is 3.39. The Balaban J connectivity index is 1.50. The summed E-state index contributed by atoms with van der Waals surface area (Å²) in [6.45, 7) is 0.700. The van der Waals surface area contributed by atoms with Crippen molar-refractivity contribution in [2.75, 3.05) is 19.0 Å². The van der Waals surface area contributed by atoms with E-state index in [-0.39, 0.29) is 11.6 Å². The van der Waals surface area contributed by atoms with Crippen LogP contribution >= 0.6 is 22.7 Å². The highest BCUT2D eigenvalue weighted by Crippen LogP contribution is 2.32. The van der Waals surface area contributed by atoms with Gasteiger partial charge in [0, 0.05) is 22.7 Å². The molecule has 132 valence electrons. The smallest absolute Gasteiger partial charge is 0.357 e. The van der Waals surface area contributed by atoms with Crippen LogP contribution in [0.2, 0.25) is 0 Å². The molecule has 3 heterocycles. The number of ether oxygens (including phenoxy) is 2. The Morgan fingerprint density at radius 1 is 1.19 bits per heavy atom. The number of rotatable bonds is 4. The van der Waals surface area contributed by atoms with Gasteiger partial charge in [-0.05, 0) is 23.8 Å². The molecule has 0 aliphatic carbocycles. The van der Waals surface area contributed by atoms with Crippen molar-refractivity contribution >= 4 is 39.7 Å². The maximum absolute atomic E-state index is 12.4. The predicted octanol–water partition coefficient (Wildman–Crippen LogP) is 3.24. The van der Waals surface area contributed by atoms with Crippen LogP contribution < -0.4 is 10.1 Å². The van der Waals surface area contributed by atoms with Gasteiger partial charge in [0.15, 0.2) is 10.8 Å². The van der Waals surface area contributed by atoms with Crippen LogP contribution in [0.5, 0.6) is 5.75 Å². The number of anilines is 1. The molecule has 2 aromatic heterocycles. The van der Waals surface area contributed by atoms with E-state index in [0.717, 1.165) is 39.6 Å². The highest BCUT2D eigenvalue weighted by Gasteiger charge is 2.17. The van der Waals surface area contributed by atoms with E-state index in [2.05, 4.69) is 20.0 Å². The SMILES string of the molecule is COC(=O)c1csc(NC(=O)c2csc(-c3ccc4c(c3)CCO4)n2)n1. The van der Waals surface area contributed by atoms with E-state index in [0.29, 0.717) is 17.4 Å². The third-order valence-electron chi connectivity index (χ3n) is 3.79. The lowest BCUT2D eigenvalue weighted by atomic mass is 10.1. The fraction of sp³-hybridized carbons (Fsp3) is 0.176. The van der Waals surface area contributed by atoms with Crippen LogP contribution in [0.15, 0.2) is 29.0 Å². The number of thiazole rings is 2. The van der Waals surface area contributed by atoms with E-state index in [1.54, 1.807) is 5.38 Å². The Bertz CT molecular complexity index is 996. The van der Waals surface area contributed by atoms with Crippen molar-refractivity contribution in [3.05, 3.63) is 45.9 Å². The van der Waals surface area contributed by atoms with Crippen LogP contribution in [-0.4, -0.2) is 35.6 Å². The van der Waals surface area contributed by atoms with Crippen molar-refractivity contribution in [1.29, 1.82) is 0 Å². The monoisotopic (exact) mass is 387 g/mol. The van der Waals surface area contributed by atoms with Crippen LogP contribution in [0, 0.1) is 0 Å². The third kappa shape index (κ3) is 3.18. The molecule has 3 aromatic rings. The molecule has 7 nitrogen and oxygen atoms in total. The molecule has 1 aliphatic rings. The van der Waals surface area contributed by atoms with Gasteiger partial charge in [0.1, 0.15) is 16.5 Å². The summed E-state index contributed by atoms with van der Waals surface area (Å²) in [5, 5.41) is 6.96.